The second-order valence-electron chi connectivity index (χ2n) is 20.2. The molecule has 0 heterocycles. The Labute approximate surface area is 472 Å². The zero-order valence-corrected chi connectivity index (χ0v) is 43.3. The molecule has 0 fully saturated rings. The van der Waals surface area contributed by atoms with E-state index in [2.05, 4.69) is 0 Å². The summed E-state index contributed by atoms with van der Waals surface area (Å²) in [5.41, 5.74) is 1.26. The van der Waals surface area contributed by atoms with Crippen molar-refractivity contribution in [3.8, 4) is 134 Å². The third-order valence-electron chi connectivity index (χ3n) is 15.5. The van der Waals surface area contributed by atoms with Crippen molar-refractivity contribution >= 4 is 0 Å². The Bertz CT molecular complexity index is 3710. The van der Waals surface area contributed by atoms with Gasteiger partial charge in [-0.2, -0.15) is 0 Å². The Morgan fingerprint density at radius 3 is 0.226 bits per heavy atom. The van der Waals surface area contributed by atoms with Crippen molar-refractivity contribution in [2.24, 2.45) is 0 Å². The van der Waals surface area contributed by atoms with E-state index < -0.39 is 103 Å². The molecule has 34 aliphatic rings. The van der Waals surface area contributed by atoms with Gasteiger partial charge in [-0.25, -0.2) is 52.7 Å². The number of hydrogen-bond donors (Lipinski definition) is 0. The summed E-state index contributed by atoms with van der Waals surface area (Å²) in [7, 11) is 0. The minimum atomic E-state index is -1.60. The van der Waals surface area contributed by atoms with E-state index in [4.69, 9.17) is 0 Å². The average Bonchev–Trinajstić information content (AvgIpc) is 2.40. The highest BCUT2D eigenvalue weighted by Gasteiger charge is 2.31. The van der Waals surface area contributed by atoms with Gasteiger partial charge in [0.05, 0.1) is 33.4 Å². The molecule has 0 radical (unpaired) electrons. The molecule has 0 unspecified atom stereocenters. The first-order chi connectivity index (χ1) is 40.6. The van der Waals surface area contributed by atoms with Crippen LogP contribution in [0.1, 0.15) is 0 Å². The van der Waals surface area contributed by atoms with Gasteiger partial charge in [0.15, 0.2) is 69.8 Å². The van der Waals surface area contributed by atoms with Crippen LogP contribution in [-0.2, 0) is 0 Å². The van der Waals surface area contributed by atoms with E-state index in [1.165, 1.54) is 146 Å². The maximum absolute atomic E-state index is 15.9. The van der Waals surface area contributed by atoms with E-state index in [0.717, 1.165) is 0 Å². The highest BCUT2D eigenvalue weighted by molar-refractivity contribution is 5.83. The van der Waals surface area contributed by atoms with Crippen LogP contribution in [0, 0.1) is 69.8 Å². The molecule has 0 saturated carbocycles. The summed E-state index contributed by atoms with van der Waals surface area (Å²) in [4.78, 5) is 0. The number of halogens is 12. The summed E-state index contributed by atoms with van der Waals surface area (Å²) < 4.78 is 191. The molecular formula is C72H36F12. The van der Waals surface area contributed by atoms with E-state index in [-0.39, 0.29) is 33.4 Å². The van der Waals surface area contributed by atoms with Crippen LogP contribution in [0.25, 0.3) is 134 Å². The average molecular weight is 1130 g/mol. The van der Waals surface area contributed by atoms with E-state index in [1.54, 1.807) is 72.8 Å². The fraction of sp³-hybridized carbons (Fsp3) is 0. The highest BCUT2D eigenvalue weighted by atomic mass is 19.2. The smallest absolute Gasteiger partial charge is 0.170 e. The lowest BCUT2D eigenvalue weighted by molar-refractivity contribution is 0.463. The summed E-state index contributed by atoms with van der Waals surface area (Å²) in [5.74, 6) is -19.2. The zero-order chi connectivity index (χ0) is 58.2. The molecule has 0 nitrogen and oxygen atoms in total. The standard InChI is InChI=1S/C72H36F12/c73-61-55-49-25-13-43(14-26-49)37-1-2-38(4-3-37)44-15-27-50(28-16-44)56-63(75)67(79)58(68(80)64(56)76)52-31-19-46(20-32-52)40-9-11-42(12-10-40)48-23-35-54(36-24-48)60-71(83)69(81)59(70(82)72(60)84)53-33-21-47(22-34-53)41-7-5-39(6-8-41)45-17-29-51(30-18-45)57(65(61)77)66(78)62(55)74/h1-36H. The molecule has 84 heavy (non-hydrogen) atoms. The molecule has 0 N–H and O–H groups in total. The van der Waals surface area contributed by atoms with Crippen molar-refractivity contribution in [1.29, 1.82) is 0 Å². The Hall–Kier alpha value is -10.2. The largest absolute Gasteiger partial charge is 0.203 e. The Morgan fingerprint density at radius 2 is 0.155 bits per heavy atom. The van der Waals surface area contributed by atoms with Crippen LogP contribution in [0.2, 0.25) is 0 Å². The Kier molecular flexibility index (Phi) is 13.3. The molecule has 408 valence electrons. The number of benzene rings is 12. The van der Waals surface area contributed by atoms with Gasteiger partial charge in [0.2, 0.25) is 0 Å². The molecule has 12 heteroatoms. The lowest BCUT2D eigenvalue weighted by Gasteiger charge is -2.14. The zero-order valence-electron chi connectivity index (χ0n) is 43.3. The number of hydrogen-bond acceptors (Lipinski definition) is 0. The van der Waals surface area contributed by atoms with Crippen molar-refractivity contribution in [3.05, 3.63) is 288 Å². The van der Waals surface area contributed by atoms with E-state index in [9.17, 15) is 0 Å². The molecule has 12 aromatic carbocycles. The quantitative estimate of drug-likeness (QED) is 0.105. The molecule has 0 aliphatic heterocycles. The fourth-order valence-corrected chi connectivity index (χ4v) is 11.0. The third-order valence-corrected chi connectivity index (χ3v) is 15.5. The van der Waals surface area contributed by atoms with Crippen LogP contribution in [0.4, 0.5) is 52.7 Å². The van der Waals surface area contributed by atoms with Crippen molar-refractivity contribution < 1.29 is 52.7 Å². The van der Waals surface area contributed by atoms with Gasteiger partial charge in [0.25, 0.3) is 0 Å². The summed E-state index contributed by atoms with van der Waals surface area (Å²) >= 11 is 0. The van der Waals surface area contributed by atoms with Crippen LogP contribution in [0.5, 0.6) is 0 Å². The first kappa shape index (κ1) is 53.1. The van der Waals surface area contributed by atoms with Crippen molar-refractivity contribution in [2.45, 2.75) is 0 Å². The van der Waals surface area contributed by atoms with Crippen molar-refractivity contribution in [2.75, 3.05) is 0 Å². The Balaban J connectivity index is 0.851. The normalized spacial score (nSPS) is 11.6. The predicted molar refractivity (Wildman–Crippen MR) is 305 cm³/mol. The Morgan fingerprint density at radius 1 is 0.0952 bits per heavy atom. The second kappa shape index (κ2) is 21.0. The minimum Gasteiger partial charge on any atom is -0.203 e. The molecule has 46 rings (SSSR count). The monoisotopic (exact) mass is 1130 g/mol. The molecule has 0 spiro atoms. The molecule has 12 aromatic rings. The topological polar surface area (TPSA) is 0 Å². The molecule has 0 aromatic heterocycles. The maximum atomic E-state index is 15.9. The molecule has 34 aliphatic carbocycles. The SMILES string of the molecule is Fc1c(F)c2c(F)c(F)c1-c1ccc(cc1)-c1ccc(cc1)-c1ccc(cc1)-c1c(F)c(F)c(c(F)c1F)-c1ccc(cc1)-c1ccc(cc1)-c1ccc(cc1)-c1c(F)c(F)c(c(F)c1F)-c1ccc(cc1)-c1ccc(cc1)-c1ccc-2cc1. The van der Waals surface area contributed by atoms with Gasteiger partial charge in [-0.05, 0) is 100 Å². The van der Waals surface area contributed by atoms with Crippen LogP contribution in [0.3, 0.4) is 0 Å². The van der Waals surface area contributed by atoms with E-state index in [1.807, 2.05) is 0 Å². The van der Waals surface area contributed by atoms with Crippen LogP contribution >= 0.6 is 0 Å². The molecular weight excluding hydrogens is 1090 g/mol. The first-order valence-corrected chi connectivity index (χ1v) is 26.2. The summed E-state index contributed by atoms with van der Waals surface area (Å²) in [5, 5.41) is 0. The number of rotatable bonds is 0. The molecule has 24 bridgehead atoms. The molecule has 0 saturated heterocycles. The fourth-order valence-electron chi connectivity index (χ4n) is 11.0. The summed E-state index contributed by atoms with van der Waals surface area (Å²) in [6.45, 7) is 0. The van der Waals surface area contributed by atoms with Gasteiger partial charge >= 0.3 is 0 Å². The molecule has 0 atom stereocenters. The van der Waals surface area contributed by atoms with Gasteiger partial charge in [-0.1, -0.05) is 218 Å². The van der Waals surface area contributed by atoms with Gasteiger partial charge in [-0.15, -0.1) is 0 Å². The van der Waals surface area contributed by atoms with Gasteiger partial charge in [0, 0.05) is 0 Å². The van der Waals surface area contributed by atoms with Crippen molar-refractivity contribution in [3.63, 3.8) is 0 Å². The van der Waals surface area contributed by atoms with E-state index in [0.29, 0.717) is 66.8 Å². The minimum absolute atomic E-state index is 0.132. The summed E-state index contributed by atoms with van der Waals surface area (Å²) in [6.07, 6.45) is 0. The van der Waals surface area contributed by atoms with Gasteiger partial charge in [0.1, 0.15) is 0 Å². The second-order valence-corrected chi connectivity index (χ2v) is 20.2. The first-order valence-electron chi connectivity index (χ1n) is 26.2. The van der Waals surface area contributed by atoms with Crippen molar-refractivity contribution in [1.82, 2.24) is 0 Å². The lowest BCUT2D eigenvalue weighted by atomic mass is 9.93. The maximum Gasteiger partial charge on any atom is 0.170 e. The highest BCUT2D eigenvalue weighted by Crippen LogP contribution is 2.43. The third kappa shape index (κ3) is 9.02. The lowest BCUT2D eigenvalue weighted by Crippen LogP contribution is -2.03. The van der Waals surface area contributed by atoms with Crippen LogP contribution in [-0.4, -0.2) is 0 Å². The predicted octanol–water partition coefficient (Wildman–Crippen LogP) is 21.7. The van der Waals surface area contributed by atoms with Gasteiger partial charge in [-0.3, -0.25) is 0 Å². The van der Waals surface area contributed by atoms with Crippen LogP contribution < -0.4 is 0 Å². The summed E-state index contributed by atoms with van der Waals surface area (Å²) in [6, 6.07) is 55.2. The molecule has 0 amide bonds. The van der Waals surface area contributed by atoms with Gasteiger partial charge < -0.3 is 0 Å². The van der Waals surface area contributed by atoms with Crippen LogP contribution in [0.15, 0.2) is 218 Å². The van der Waals surface area contributed by atoms with E-state index >= 15 is 52.7 Å².